The zero-order valence-corrected chi connectivity index (χ0v) is 23.2. The van der Waals surface area contributed by atoms with Gasteiger partial charge in [-0.15, -0.1) is 0 Å². The van der Waals surface area contributed by atoms with E-state index in [9.17, 15) is 35.4 Å². The van der Waals surface area contributed by atoms with Crippen LogP contribution in [0.3, 0.4) is 0 Å². The van der Waals surface area contributed by atoms with Crippen molar-refractivity contribution in [1.82, 2.24) is 0 Å². The van der Waals surface area contributed by atoms with Crippen LogP contribution in [0.15, 0.2) is 66.7 Å². The molecular weight excluding hydrogens is 568 g/mol. The number of aromatic hydroxyl groups is 6. The molecule has 1 saturated heterocycles. The van der Waals surface area contributed by atoms with Crippen LogP contribution in [-0.2, 0) is 15.3 Å². The van der Waals surface area contributed by atoms with Gasteiger partial charge in [-0.2, -0.15) is 0 Å². The number of Topliss-reactive ketones (excluding diaryl/α,β-unsaturated/α-hetero) is 1. The van der Waals surface area contributed by atoms with Gasteiger partial charge in [-0.05, 0) is 55.0 Å². The second-order valence-corrected chi connectivity index (χ2v) is 12.0. The van der Waals surface area contributed by atoms with Crippen LogP contribution >= 0.6 is 0 Å². The van der Waals surface area contributed by atoms with Crippen LogP contribution in [0.5, 0.6) is 46.0 Å². The van der Waals surface area contributed by atoms with Crippen molar-refractivity contribution < 1.29 is 49.6 Å². The highest BCUT2D eigenvalue weighted by atomic mass is 16.8. The summed E-state index contributed by atoms with van der Waals surface area (Å²) in [6.07, 6.45) is 3.44. The maximum absolute atomic E-state index is 14.5. The maximum Gasteiger partial charge on any atom is 0.272 e. The van der Waals surface area contributed by atoms with E-state index >= 15 is 0 Å². The summed E-state index contributed by atoms with van der Waals surface area (Å²) in [5.41, 5.74) is -0.756. The number of rotatable bonds is 3. The van der Waals surface area contributed by atoms with Crippen LogP contribution in [-0.4, -0.2) is 47.6 Å². The lowest BCUT2D eigenvalue weighted by atomic mass is 9.56. The lowest BCUT2D eigenvalue weighted by Crippen LogP contribution is -2.61. The van der Waals surface area contributed by atoms with Gasteiger partial charge in [0.2, 0.25) is 0 Å². The molecule has 3 aliphatic heterocycles. The third-order valence-corrected chi connectivity index (χ3v) is 9.31. The van der Waals surface area contributed by atoms with E-state index in [4.69, 9.17) is 14.2 Å². The van der Waals surface area contributed by atoms with Crippen molar-refractivity contribution in [2.75, 3.05) is 0 Å². The molecule has 0 amide bonds. The molecule has 4 aromatic carbocycles. The molecule has 1 aliphatic carbocycles. The van der Waals surface area contributed by atoms with Gasteiger partial charge < -0.3 is 44.8 Å². The average molecular weight is 595 g/mol. The monoisotopic (exact) mass is 594 g/mol. The highest BCUT2D eigenvalue weighted by Crippen LogP contribution is 2.77. The third-order valence-electron chi connectivity index (χ3n) is 9.31. The van der Waals surface area contributed by atoms with Gasteiger partial charge in [0.05, 0.1) is 11.5 Å². The van der Waals surface area contributed by atoms with Crippen molar-refractivity contribution in [1.29, 1.82) is 0 Å². The number of carbonyl (C=O) groups excluding carboxylic acids is 1. The van der Waals surface area contributed by atoms with Crippen molar-refractivity contribution >= 4 is 17.9 Å². The Kier molecular flexibility index (Phi) is 5.01. The van der Waals surface area contributed by atoms with E-state index in [1.807, 2.05) is 0 Å². The number of phenolic OH excluding ortho intramolecular Hbond substituents is 6. The molecule has 10 nitrogen and oxygen atoms in total. The molecular formula is C34H26O10. The molecule has 8 rings (SSSR count). The number of hydrogen-bond donors (Lipinski definition) is 6. The molecule has 0 radical (unpaired) electrons. The molecule has 4 aromatic rings. The number of benzene rings is 4. The van der Waals surface area contributed by atoms with Gasteiger partial charge in [-0.1, -0.05) is 18.2 Å². The van der Waals surface area contributed by atoms with Gasteiger partial charge in [-0.25, -0.2) is 0 Å². The lowest BCUT2D eigenvalue weighted by Gasteiger charge is -2.51. The van der Waals surface area contributed by atoms with Gasteiger partial charge >= 0.3 is 0 Å². The fourth-order valence-corrected chi connectivity index (χ4v) is 7.36. The fourth-order valence-electron chi connectivity index (χ4n) is 7.36. The molecule has 44 heavy (non-hydrogen) atoms. The Hall–Kier alpha value is -5.35. The molecule has 222 valence electrons. The topological polar surface area (TPSA) is 169 Å². The van der Waals surface area contributed by atoms with E-state index < -0.39 is 28.8 Å². The molecule has 5 atom stereocenters. The second-order valence-electron chi connectivity index (χ2n) is 12.0. The molecule has 4 aliphatic rings. The zero-order chi connectivity index (χ0) is 30.8. The minimum Gasteiger partial charge on any atom is -0.508 e. The highest BCUT2D eigenvalue weighted by molar-refractivity contribution is 5.99. The summed E-state index contributed by atoms with van der Waals surface area (Å²) < 4.78 is 19.4. The molecule has 2 fully saturated rings. The highest BCUT2D eigenvalue weighted by Gasteiger charge is 2.87. The van der Waals surface area contributed by atoms with Crippen molar-refractivity contribution in [2.24, 2.45) is 0 Å². The predicted molar refractivity (Wildman–Crippen MR) is 155 cm³/mol. The maximum atomic E-state index is 14.5. The first-order valence-corrected chi connectivity index (χ1v) is 14.0. The SMILES string of the molecule is C[C@@]12C[C@@H](c3ccc(O)cc3O1)[C@]13O[C@@]1(c1ccc(O)cc1O)Oc1cc(/C=C/c4ccc(O)cc4O)cc(O)c1[C@H]3C2=O. The van der Waals surface area contributed by atoms with Gasteiger partial charge in [0, 0.05) is 47.2 Å². The number of fused-ring (bicyclic) bond motifs is 6. The lowest BCUT2D eigenvalue weighted by molar-refractivity contribution is -0.145. The van der Waals surface area contributed by atoms with Crippen molar-refractivity contribution in [3.8, 4) is 46.0 Å². The fraction of sp³-hybridized carbons (Fsp3) is 0.206. The third kappa shape index (κ3) is 3.31. The van der Waals surface area contributed by atoms with Crippen molar-refractivity contribution in [2.45, 2.75) is 42.2 Å². The normalized spacial score (nSPS) is 29.1. The smallest absolute Gasteiger partial charge is 0.272 e. The Labute approximate surface area is 250 Å². The summed E-state index contributed by atoms with van der Waals surface area (Å²) in [6.45, 7) is 1.68. The number of carbonyl (C=O) groups is 1. The molecule has 0 aromatic heterocycles. The Morgan fingerprint density at radius 2 is 1.45 bits per heavy atom. The molecule has 1 saturated carbocycles. The second kappa shape index (κ2) is 8.39. The molecule has 10 heteroatoms. The predicted octanol–water partition coefficient (Wildman–Crippen LogP) is 5.10. The van der Waals surface area contributed by atoms with Crippen LogP contribution in [0.25, 0.3) is 12.2 Å². The standard InChI is InChI=1S/C34H26O10/c1-32-15-23(21-8-6-20(37)14-27(21)42-32)33-30(31(32)41)29-26(40)10-16(2-3-17-4-5-18(35)12-24(17)38)11-28(29)43-34(33,44-33)22-9-7-19(36)13-25(22)39/h2-14,23,30,35-40H,15H2,1H3/b3-2+/t23-,30-,32-,33+,34+/m0/s1. The van der Waals surface area contributed by atoms with E-state index in [0.29, 0.717) is 22.4 Å². The molecule has 0 unspecified atom stereocenters. The molecule has 3 heterocycles. The number of ether oxygens (including phenoxy) is 3. The summed E-state index contributed by atoms with van der Waals surface area (Å²) in [4.78, 5) is 14.5. The van der Waals surface area contributed by atoms with E-state index in [1.54, 1.807) is 31.2 Å². The number of phenols is 6. The van der Waals surface area contributed by atoms with Crippen molar-refractivity contribution in [3.05, 3.63) is 94.5 Å². The summed E-state index contributed by atoms with van der Waals surface area (Å²) in [6, 6.07) is 16.0. The number of epoxide rings is 1. The summed E-state index contributed by atoms with van der Waals surface area (Å²) in [7, 11) is 0. The average Bonchev–Trinajstić information content (AvgIpc) is 3.63. The van der Waals surface area contributed by atoms with Crippen LogP contribution in [0.2, 0.25) is 0 Å². The zero-order valence-electron chi connectivity index (χ0n) is 23.2. The number of ketones is 1. The Morgan fingerprint density at radius 3 is 2.20 bits per heavy atom. The summed E-state index contributed by atoms with van der Waals surface area (Å²) in [5.74, 6) is -4.11. The minimum atomic E-state index is -1.68. The van der Waals surface area contributed by atoms with E-state index in [0.717, 1.165) is 0 Å². The largest absolute Gasteiger partial charge is 0.508 e. The molecule has 6 N–H and O–H groups in total. The summed E-state index contributed by atoms with van der Waals surface area (Å²) >= 11 is 0. The number of hydrogen-bond acceptors (Lipinski definition) is 10. The van der Waals surface area contributed by atoms with E-state index in [-0.39, 0.29) is 63.6 Å². The Balaban J connectivity index is 1.34. The van der Waals surface area contributed by atoms with Crippen LogP contribution in [0.4, 0.5) is 0 Å². The van der Waals surface area contributed by atoms with Gasteiger partial charge in [0.1, 0.15) is 46.0 Å². The van der Waals surface area contributed by atoms with Crippen LogP contribution in [0, 0.1) is 0 Å². The quantitative estimate of drug-likeness (QED) is 0.139. The van der Waals surface area contributed by atoms with Gasteiger partial charge in [0.15, 0.2) is 17.0 Å². The minimum absolute atomic E-state index is 0.0305. The molecule has 2 bridgehead atoms. The van der Waals surface area contributed by atoms with Gasteiger partial charge in [-0.3, -0.25) is 4.79 Å². The first-order valence-electron chi connectivity index (χ1n) is 14.0. The Bertz CT molecular complexity index is 1970. The summed E-state index contributed by atoms with van der Waals surface area (Å²) in [5, 5.41) is 62.6. The van der Waals surface area contributed by atoms with Crippen molar-refractivity contribution in [3.63, 3.8) is 0 Å². The van der Waals surface area contributed by atoms with Gasteiger partial charge in [0.25, 0.3) is 5.79 Å². The first-order chi connectivity index (χ1) is 21.0. The van der Waals surface area contributed by atoms with E-state index in [2.05, 4.69) is 0 Å². The Morgan fingerprint density at radius 1 is 0.750 bits per heavy atom. The van der Waals surface area contributed by atoms with E-state index in [1.165, 1.54) is 54.6 Å². The van der Waals surface area contributed by atoms with Crippen LogP contribution < -0.4 is 9.47 Å². The first kappa shape index (κ1) is 26.3. The molecule has 1 spiro atoms. The van der Waals surface area contributed by atoms with Crippen LogP contribution in [0.1, 0.15) is 53.0 Å².